The van der Waals surface area contributed by atoms with Gasteiger partial charge in [0.1, 0.15) is 0 Å². The van der Waals surface area contributed by atoms with Gasteiger partial charge in [-0.3, -0.25) is 9.58 Å². The lowest BCUT2D eigenvalue weighted by atomic mass is 10.3. The lowest BCUT2D eigenvalue weighted by molar-refractivity contribution is 0.125. The van der Waals surface area contributed by atoms with Crippen LogP contribution in [0, 0.1) is 6.92 Å². The molecule has 0 aliphatic carbocycles. The van der Waals surface area contributed by atoms with Crippen molar-refractivity contribution in [2.45, 2.75) is 26.9 Å². The largest absolute Gasteiger partial charge is 0.395 e. The summed E-state index contributed by atoms with van der Waals surface area (Å²) in [6.45, 7) is 7.94. The predicted octanol–water partition coefficient (Wildman–Crippen LogP) is 1.41. The highest BCUT2D eigenvalue weighted by Crippen LogP contribution is 2.22. The van der Waals surface area contributed by atoms with Gasteiger partial charge < -0.3 is 9.84 Å². The lowest BCUT2D eigenvalue weighted by Gasteiger charge is -2.21. The Labute approximate surface area is 117 Å². The topological polar surface area (TPSA) is 50.5 Å². The zero-order chi connectivity index (χ0) is 13.5. The molecule has 0 fully saturated rings. The van der Waals surface area contributed by atoms with E-state index in [0.717, 1.165) is 35.5 Å². The first-order valence-electron chi connectivity index (χ1n) is 6.17. The molecule has 0 saturated heterocycles. The van der Waals surface area contributed by atoms with Gasteiger partial charge in [-0.25, -0.2) is 0 Å². The van der Waals surface area contributed by atoms with Crippen LogP contribution in [0.2, 0.25) is 0 Å². The van der Waals surface area contributed by atoms with E-state index in [1.807, 2.05) is 11.6 Å². The molecule has 6 heteroatoms. The van der Waals surface area contributed by atoms with Crippen LogP contribution < -0.4 is 0 Å². The average molecular weight is 320 g/mol. The Morgan fingerprint density at radius 1 is 1.44 bits per heavy atom. The number of aryl methyl sites for hydroxylation is 2. The SMILES string of the molecule is CCn1nc(C)c(Br)c1CN(CCO)CCOC. The smallest absolute Gasteiger partial charge is 0.0739 e. The van der Waals surface area contributed by atoms with Crippen molar-refractivity contribution in [1.82, 2.24) is 14.7 Å². The second kappa shape index (κ2) is 7.89. The van der Waals surface area contributed by atoms with Crippen LogP contribution in [-0.2, 0) is 17.8 Å². The van der Waals surface area contributed by atoms with E-state index in [1.54, 1.807) is 7.11 Å². The van der Waals surface area contributed by atoms with E-state index in [4.69, 9.17) is 9.84 Å². The molecule has 0 aliphatic rings. The fourth-order valence-electron chi connectivity index (χ4n) is 1.86. The molecule has 5 nitrogen and oxygen atoms in total. The van der Waals surface area contributed by atoms with Gasteiger partial charge in [-0.1, -0.05) is 0 Å². The Morgan fingerprint density at radius 2 is 2.17 bits per heavy atom. The van der Waals surface area contributed by atoms with Crippen LogP contribution in [0.25, 0.3) is 0 Å². The molecule has 0 aliphatic heterocycles. The molecule has 1 rings (SSSR count). The number of rotatable bonds is 8. The van der Waals surface area contributed by atoms with Crippen molar-refractivity contribution in [3.05, 3.63) is 15.9 Å². The highest BCUT2D eigenvalue weighted by atomic mass is 79.9. The summed E-state index contributed by atoms with van der Waals surface area (Å²) in [7, 11) is 1.69. The third kappa shape index (κ3) is 4.05. The number of hydrogen-bond acceptors (Lipinski definition) is 4. The van der Waals surface area contributed by atoms with Crippen molar-refractivity contribution in [1.29, 1.82) is 0 Å². The maximum Gasteiger partial charge on any atom is 0.0739 e. The summed E-state index contributed by atoms with van der Waals surface area (Å²) >= 11 is 3.59. The van der Waals surface area contributed by atoms with E-state index in [2.05, 4.69) is 32.9 Å². The van der Waals surface area contributed by atoms with Crippen LogP contribution in [0.5, 0.6) is 0 Å². The molecule has 0 aromatic carbocycles. The number of aromatic nitrogens is 2. The van der Waals surface area contributed by atoms with E-state index < -0.39 is 0 Å². The molecule has 0 unspecified atom stereocenters. The van der Waals surface area contributed by atoms with E-state index >= 15 is 0 Å². The highest BCUT2D eigenvalue weighted by Gasteiger charge is 2.15. The number of ether oxygens (including phenoxy) is 1. The number of nitrogens with zero attached hydrogens (tertiary/aromatic N) is 3. The molecule has 18 heavy (non-hydrogen) atoms. The van der Waals surface area contributed by atoms with Gasteiger partial charge in [0.25, 0.3) is 0 Å². The summed E-state index contributed by atoms with van der Waals surface area (Å²) in [6, 6.07) is 0. The molecule has 0 spiro atoms. The molecule has 0 bridgehead atoms. The van der Waals surface area contributed by atoms with Crippen LogP contribution in [0.4, 0.5) is 0 Å². The third-order valence-corrected chi connectivity index (χ3v) is 3.89. The van der Waals surface area contributed by atoms with Gasteiger partial charge in [-0.05, 0) is 29.8 Å². The third-order valence-electron chi connectivity index (χ3n) is 2.85. The molecule has 104 valence electrons. The van der Waals surface area contributed by atoms with Crippen molar-refractivity contribution < 1.29 is 9.84 Å². The van der Waals surface area contributed by atoms with Gasteiger partial charge in [0.05, 0.1) is 29.1 Å². The Bertz CT molecular complexity index is 368. The van der Waals surface area contributed by atoms with Crippen LogP contribution >= 0.6 is 15.9 Å². The zero-order valence-corrected chi connectivity index (χ0v) is 12.9. The first kappa shape index (κ1) is 15.6. The van der Waals surface area contributed by atoms with Gasteiger partial charge >= 0.3 is 0 Å². The highest BCUT2D eigenvalue weighted by molar-refractivity contribution is 9.10. The average Bonchev–Trinajstić information content (AvgIpc) is 2.63. The molecular formula is C12H22BrN3O2. The fraction of sp³-hybridized carbons (Fsp3) is 0.750. The second-order valence-electron chi connectivity index (χ2n) is 4.15. The molecule has 1 N–H and O–H groups in total. The summed E-state index contributed by atoms with van der Waals surface area (Å²) in [5.41, 5.74) is 2.15. The first-order chi connectivity index (χ1) is 8.63. The summed E-state index contributed by atoms with van der Waals surface area (Å²) in [5, 5.41) is 13.6. The van der Waals surface area contributed by atoms with Crippen LogP contribution in [0.1, 0.15) is 18.3 Å². The minimum atomic E-state index is 0.153. The number of aliphatic hydroxyl groups excluding tert-OH is 1. The molecule has 0 amide bonds. The number of halogens is 1. The molecule has 1 aromatic rings. The maximum atomic E-state index is 9.10. The van der Waals surface area contributed by atoms with Gasteiger partial charge in [-0.2, -0.15) is 5.10 Å². The zero-order valence-electron chi connectivity index (χ0n) is 11.3. The second-order valence-corrected chi connectivity index (χ2v) is 4.95. The molecule has 1 heterocycles. The van der Waals surface area contributed by atoms with Gasteiger partial charge in [0.15, 0.2) is 0 Å². The van der Waals surface area contributed by atoms with Crippen molar-refractivity contribution in [2.75, 3.05) is 33.4 Å². The quantitative estimate of drug-likeness (QED) is 0.787. The normalized spacial score (nSPS) is 11.4. The van der Waals surface area contributed by atoms with Crippen LogP contribution in [0.15, 0.2) is 4.47 Å². The molecule has 1 aromatic heterocycles. The van der Waals surface area contributed by atoms with Crippen molar-refractivity contribution in [2.24, 2.45) is 0 Å². The van der Waals surface area contributed by atoms with Crippen molar-refractivity contribution in [3.8, 4) is 0 Å². The summed E-state index contributed by atoms with van der Waals surface area (Å²) in [6.07, 6.45) is 0. The van der Waals surface area contributed by atoms with Gasteiger partial charge in [0, 0.05) is 33.3 Å². The standard InChI is InChI=1S/C12H22BrN3O2/c1-4-16-11(12(13)10(2)14-16)9-15(5-7-17)6-8-18-3/h17H,4-9H2,1-3H3. The molecule has 0 atom stereocenters. The monoisotopic (exact) mass is 319 g/mol. The first-order valence-corrected chi connectivity index (χ1v) is 6.97. The number of aliphatic hydroxyl groups is 1. The number of hydrogen-bond donors (Lipinski definition) is 1. The predicted molar refractivity (Wildman–Crippen MR) is 74.6 cm³/mol. The van der Waals surface area contributed by atoms with E-state index in [-0.39, 0.29) is 6.61 Å². The summed E-state index contributed by atoms with van der Waals surface area (Å²) in [4.78, 5) is 2.16. The van der Waals surface area contributed by atoms with Gasteiger partial charge in [0.2, 0.25) is 0 Å². The molecule has 0 saturated carbocycles. The van der Waals surface area contributed by atoms with E-state index in [1.165, 1.54) is 0 Å². The van der Waals surface area contributed by atoms with Crippen molar-refractivity contribution >= 4 is 15.9 Å². The summed E-state index contributed by atoms with van der Waals surface area (Å²) in [5.74, 6) is 0. The van der Waals surface area contributed by atoms with E-state index in [0.29, 0.717) is 13.2 Å². The Hall–Kier alpha value is -0.430. The van der Waals surface area contributed by atoms with Gasteiger partial charge in [-0.15, -0.1) is 0 Å². The molecule has 0 radical (unpaired) electrons. The Balaban J connectivity index is 2.78. The number of methoxy groups -OCH3 is 1. The Kier molecular flexibility index (Phi) is 6.85. The minimum absolute atomic E-state index is 0.153. The fourth-order valence-corrected chi connectivity index (χ4v) is 2.27. The molecular weight excluding hydrogens is 298 g/mol. The van der Waals surface area contributed by atoms with E-state index in [9.17, 15) is 0 Å². The Morgan fingerprint density at radius 3 is 2.72 bits per heavy atom. The van der Waals surface area contributed by atoms with Crippen molar-refractivity contribution in [3.63, 3.8) is 0 Å². The lowest BCUT2D eigenvalue weighted by Crippen LogP contribution is -2.31. The maximum absolute atomic E-state index is 9.10. The summed E-state index contributed by atoms with van der Waals surface area (Å²) < 4.78 is 8.15. The van der Waals surface area contributed by atoms with Crippen LogP contribution in [-0.4, -0.2) is 53.2 Å². The van der Waals surface area contributed by atoms with Crippen LogP contribution in [0.3, 0.4) is 0 Å². The minimum Gasteiger partial charge on any atom is -0.395 e.